The van der Waals surface area contributed by atoms with Gasteiger partial charge in [-0.05, 0) is 51.9 Å². The first-order valence-corrected chi connectivity index (χ1v) is 7.12. The zero-order valence-corrected chi connectivity index (χ0v) is 12.2. The summed E-state index contributed by atoms with van der Waals surface area (Å²) < 4.78 is 5.98. The molecule has 1 aliphatic heterocycles. The van der Waals surface area contributed by atoms with Crippen molar-refractivity contribution in [3.8, 4) is 5.75 Å². The van der Waals surface area contributed by atoms with E-state index in [4.69, 9.17) is 4.74 Å². The van der Waals surface area contributed by atoms with E-state index in [0.29, 0.717) is 5.75 Å². The molecule has 0 amide bonds. The zero-order chi connectivity index (χ0) is 14.6. The van der Waals surface area contributed by atoms with Gasteiger partial charge in [-0.2, -0.15) is 0 Å². The monoisotopic (exact) mass is 278 g/mol. The number of rotatable bonds is 5. The van der Waals surface area contributed by atoms with Crippen molar-refractivity contribution in [2.75, 3.05) is 19.6 Å². The highest BCUT2D eigenvalue weighted by Gasteiger charge is 2.24. The SMILES string of the molecule is CC(C)(CN1CCCCC1)Oc1ccc([N+](=O)[O-])cc1. The minimum Gasteiger partial charge on any atom is -0.487 e. The highest BCUT2D eigenvalue weighted by Crippen LogP contribution is 2.23. The highest BCUT2D eigenvalue weighted by molar-refractivity contribution is 5.36. The maximum Gasteiger partial charge on any atom is 0.269 e. The second-order valence-electron chi connectivity index (χ2n) is 5.95. The van der Waals surface area contributed by atoms with Crippen LogP contribution in [0.15, 0.2) is 24.3 Å². The molecule has 1 aliphatic rings. The largest absolute Gasteiger partial charge is 0.487 e. The molecule has 0 unspecified atom stereocenters. The van der Waals surface area contributed by atoms with Gasteiger partial charge in [-0.25, -0.2) is 0 Å². The molecule has 110 valence electrons. The van der Waals surface area contributed by atoms with Crippen LogP contribution in [0.5, 0.6) is 5.75 Å². The molecule has 0 spiro atoms. The van der Waals surface area contributed by atoms with E-state index in [1.165, 1.54) is 31.4 Å². The number of non-ortho nitro benzene ring substituents is 1. The summed E-state index contributed by atoms with van der Waals surface area (Å²) in [5.74, 6) is 0.678. The molecule has 1 aromatic carbocycles. The van der Waals surface area contributed by atoms with Crippen LogP contribution in [0, 0.1) is 10.1 Å². The Morgan fingerprint density at radius 1 is 1.20 bits per heavy atom. The van der Waals surface area contributed by atoms with Crippen molar-refractivity contribution in [3.05, 3.63) is 34.4 Å². The molecule has 0 N–H and O–H groups in total. The smallest absolute Gasteiger partial charge is 0.269 e. The van der Waals surface area contributed by atoms with E-state index < -0.39 is 4.92 Å². The molecule has 1 heterocycles. The van der Waals surface area contributed by atoms with Crippen LogP contribution in [0.2, 0.25) is 0 Å². The van der Waals surface area contributed by atoms with Crippen molar-refractivity contribution in [2.45, 2.75) is 38.7 Å². The van der Waals surface area contributed by atoms with Gasteiger partial charge in [0.25, 0.3) is 5.69 Å². The maximum absolute atomic E-state index is 10.6. The lowest BCUT2D eigenvalue weighted by Crippen LogP contribution is -2.44. The van der Waals surface area contributed by atoms with Crippen molar-refractivity contribution in [2.24, 2.45) is 0 Å². The van der Waals surface area contributed by atoms with E-state index in [9.17, 15) is 10.1 Å². The first-order valence-electron chi connectivity index (χ1n) is 7.12. The van der Waals surface area contributed by atoms with Gasteiger partial charge in [0.1, 0.15) is 11.4 Å². The molecule has 1 aromatic rings. The van der Waals surface area contributed by atoms with Gasteiger partial charge in [0, 0.05) is 18.7 Å². The van der Waals surface area contributed by atoms with Crippen LogP contribution < -0.4 is 4.74 Å². The molecule has 1 fully saturated rings. The molecular formula is C15H22N2O3. The Bertz CT molecular complexity index is 451. The predicted octanol–water partition coefficient (Wildman–Crippen LogP) is 3.24. The fourth-order valence-corrected chi connectivity index (χ4v) is 2.64. The van der Waals surface area contributed by atoms with Crippen LogP contribution >= 0.6 is 0 Å². The number of likely N-dealkylation sites (tertiary alicyclic amines) is 1. The Balaban J connectivity index is 1.94. The van der Waals surface area contributed by atoms with Crippen molar-refractivity contribution in [1.82, 2.24) is 4.90 Å². The molecule has 0 aromatic heterocycles. The molecule has 0 radical (unpaired) electrons. The average molecular weight is 278 g/mol. The second-order valence-corrected chi connectivity index (χ2v) is 5.95. The van der Waals surface area contributed by atoms with Gasteiger partial charge < -0.3 is 4.74 Å². The quantitative estimate of drug-likeness (QED) is 0.613. The summed E-state index contributed by atoms with van der Waals surface area (Å²) in [6.07, 6.45) is 3.83. The Labute approximate surface area is 119 Å². The Morgan fingerprint density at radius 3 is 2.35 bits per heavy atom. The number of ether oxygens (including phenoxy) is 1. The average Bonchev–Trinajstić information content (AvgIpc) is 2.39. The topological polar surface area (TPSA) is 55.6 Å². The third kappa shape index (κ3) is 4.20. The van der Waals surface area contributed by atoms with E-state index in [2.05, 4.69) is 18.7 Å². The molecular weight excluding hydrogens is 256 g/mol. The van der Waals surface area contributed by atoms with Crippen LogP contribution in [0.25, 0.3) is 0 Å². The van der Waals surface area contributed by atoms with Gasteiger partial charge in [0.2, 0.25) is 0 Å². The van der Waals surface area contributed by atoms with Crippen molar-refractivity contribution in [1.29, 1.82) is 0 Å². The fraction of sp³-hybridized carbons (Fsp3) is 0.600. The lowest BCUT2D eigenvalue weighted by Gasteiger charge is -2.35. The Hall–Kier alpha value is -1.62. The Morgan fingerprint density at radius 2 is 1.80 bits per heavy atom. The zero-order valence-electron chi connectivity index (χ0n) is 12.2. The number of nitro groups is 1. The van der Waals surface area contributed by atoms with Crippen molar-refractivity contribution >= 4 is 5.69 Å². The van der Waals surface area contributed by atoms with Crippen molar-refractivity contribution < 1.29 is 9.66 Å². The number of nitro benzene ring substituents is 1. The standard InChI is InChI=1S/C15H22N2O3/c1-15(2,12-16-10-4-3-5-11-16)20-14-8-6-13(7-9-14)17(18)19/h6-9H,3-5,10-12H2,1-2H3. The highest BCUT2D eigenvalue weighted by atomic mass is 16.6. The van der Waals surface area contributed by atoms with Gasteiger partial charge in [0.15, 0.2) is 0 Å². The summed E-state index contributed by atoms with van der Waals surface area (Å²) in [5.41, 5.74) is -0.209. The summed E-state index contributed by atoms with van der Waals surface area (Å²) in [5, 5.41) is 10.6. The first kappa shape index (κ1) is 14.8. The maximum atomic E-state index is 10.6. The van der Waals surface area contributed by atoms with Gasteiger partial charge in [-0.15, -0.1) is 0 Å². The molecule has 2 rings (SSSR count). The molecule has 0 atom stereocenters. The number of nitrogens with zero attached hydrogens (tertiary/aromatic N) is 2. The van der Waals surface area contributed by atoms with Crippen LogP contribution in [-0.4, -0.2) is 35.1 Å². The molecule has 0 aliphatic carbocycles. The third-order valence-corrected chi connectivity index (χ3v) is 3.49. The Kier molecular flexibility index (Phi) is 4.60. The second kappa shape index (κ2) is 6.22. The van der Waals surface area contributed by atoms with E-state index in [0.717, 1.165) is 19.6 Å². The lowest BCUT2D eigenvalue weighted by molar-refractivity contribution is -0.384. The number of benzene rings is 1. The van der Waals surface area contributed by atoms with Gasteiger partial charge in [0.05, 0.1) is 4.92 Å². The molecule has 20 heavy (non-hydrogen) atoms. The summed E-state index contributed by atoms with van der Waals surface area (Å²) in [4.78, 5) is 12.6. The van der Waals surface area contributed by atoms with E-state index >= 15 is 0 Å². The molecule has 5 nitrogen and oxygen atoms in total. The van der Waals surface area contributed by atoms with Crippen LogP contribution in [-0.2, 0) is 0 Å². The molecule has 1 saturated heterocycles. The van der Waals surface area contributed by atoms with E-state index in [-0.39, 0.29) is 11.3 Å². The molecule has 0 bridgehead atoms. The van der Waals surface area contributed by atoms with Gasteiger partial charge >= 0.3 is 0 Å². The van der Waals surface area contributed by atoms with Gasteiger partial charge in [-0.3, -0.25) is 15.0 Å². The van der Waals surface area contributed by atoms with Crippen LogP contribution in [0.3, 0.4) is 0 Å². The van der Waals surface area contributed by atoms with E-state index in [1.54, 1.807) is 12.1 Å². The van der Waals surface area contributed by atoms with Crippen LogP contribution in [0.1, 0.15) is 33.1 Å². The first-order chi connectivity index (χ1) is 9.46. The number of hydrogen-bond donors (Lipinski definition) is 0. The van der Waals surface area contributed by atoms with Crippen LogP contribution in [0.4, 0.5) is 5.69 Å². The summed E-state index contributed by atoms with van der Waals surface area (Å²) >= 11 is 0. The number of hydrogen-bond acceptors (Lipinski definition) is 4. The van der Waals surface area contributed by atoms with Gasteiger partial charge in [-0.1, -0.05) is 6.42 Å². The summed E-state index contributed by atoms with van der Waals surface area (Å²) in [7, 11) is 0. The molecule has 5 heteroatoms. The fourth-order valence-electron chi connectivity index (χ4n) is 2.64. The minimum absolute atomic E-state index is 0.0891. The van der Waals surface area contributed by atoms with E-state index in [1.807, 2.05) is 0 Å². The number of piperidine rings is 1. The minimum atomic E-state index is -0.400. The van der Waals surface area contributed by atoms with Crippen molar-refractivity contribution in [3.63, 3.8) is 0 Å². The predicted molar refractivity (Wildman–Crippen MR) is 78.1 cm³/mol. The summed E-state index contributed by atoms with van der Waals surface area (Å²) in [6, 6.07) is 6.28. The third-order valence-electron chi connectivity index (χ3n) is 3.49. The lowest BCUT2D eigenvalue weighted by atomic mass is 10.1. The normalized spacial score (nSPS) is 16.9. The summed E-state index contributed by atoms with van der Waals surface area (Å²) in [6.45, 7) is 7.26. The molecule has 0 saturated carbocycles.